The number of piperazine rings is 1. The minimum absolute atomic E-state index is 0.661. The fraction of sp³-hybridized carbons (Fsp3) is 0.429. The molecule has 0 radical (unpaired) electrons. The minimum atomic E-state index is 0.661. The molecule has 2 heterocycles. The number of nitrogens with zero attached hydrogens (tertiary/aromatic N) is 2. The Bertz CT molecular complexity index is 376. The van der Waals surface area contributed by atoms with E-state index in [0.29, 0.717) is 6.04 Å². The molecule has 2 fully saturated rings. The molecule has 2 saturated heterocycles. The summed E-state index contributed by atoms with van der Waals surface area (Å²) in [6.07, 6.45) is 7.40. The van der Waals surface area contributed by atoms with Crippen LogP contribution in [-0.4, -0.2) is 36.0 Å². The number of rotatable bonds is 2. The first-order valence-electron chi connectivity index (χ1n) is 5.81. The first-order valence-corrected chi connectivity index (χ1v) is 5.81. The lowest BCUT2D eigenvalue weighted by Crippen LogP contribution is -2.40. The molecule has 0 spiro atoms. The number of fused-ring (bicyclic) bond motifs is 2. The summed E-state index contributed by atoms with van der Waals surface area (Å²) in [5, 5.41) is 0. The van der Waals surface area contributed by atoms with Crippen LogP contribution in [-0.2, 0) is 0 Å². The third-order valence-corrected chi connectivity index (χ3v) is 3.60. The van der Waals surface area contributed by atoms with Gasteiger partial charge in [-0.2, -0.15) is 0 Å². The van der Waals surface area contributed by atoms with Crippen molar-refractivity contribution in [2.75, 3.05) is 20.1 Å². The highest BCUT2D eigenvalue weighted by atomic mass is 15.3. The maximum Gasteiger partial charge on any atom is 0.0598 e. The van der Waals surface area contributed by atoms with Gasteiger partial charge in [0.2, 0.25) is 0 Å². The summed E-state index contributed by atoms with van der Waals surface area (Å²) in [4.78, 5) is 4.74. The Hall–Kier alpha value is -1.44. The van der Waals surface area contributed by atoms with Crippen molar-refractivity contribution in [3.8, 4) is 0 Å². The molecule has 16 heavy (non-hydrogen) atoms. The van der Waals surface area contributed by atoms with E-state index in [1.807, 2.05) is 6.08 Å². The normalized spacial score (nSPS) is 27.9. The summed E-state index contributed by atoms with van der Waals surface area (Å²) in [5.74, 6) is 0. The van der Waals surface area contributed by atoms with Gasteiger partial charge in [0.15, 0.2) is 0 Å². The van der Waals surface area contributed by atoms with Crippen LogP contribution in [0.5, 0.6) is 0 Å². The SMILES string of the molecule is C=C/C(C)=C/C=C1\C(=C)N(C)C2CCN1C2. The molecule has 86 valence electrons. The molecule has 0 saturated carbocycles. The molecule has 2 nitrogen and oxygen atoms in total. The lowest BCUT2D eigenvalue weighted by Gasteiger charge is -2.37. The van der Waals surface area contributed by atoms with Gasteiger partial charge in [0.1, 0.15) is 0 Å². The van der Waals surface area contributed by atoms with Crippen LogP contribution >= 0.6 is 0 Å². The van der Waals surface area contributed by atoms with Crippen molar-refractivity contribution in [2.45, 2.75) is 19.4 Å². The van der Waals surface area contributed by atoms with Gasteiger partial charge in [-0.1, -0.05) is 30.9 Å². The van der Waals surface area contributed by atoms with E-state index in [9.17, 15) is 0 Å². The third-order valence-electron chi connectivity index (χ3n) is 3.60. The average molecular weight is 216 g/mol. The third kappa shape index (κ3) is 1.80. The van der Waals surface area contributed by atoms with Gasteiger partial charge in [-0.15, -0.1) is 0 Å². The zero-order valence-corrected chi connectivity index (χ0v) is 10.2. The number of allylic oxidation sites excluding steroid dienone is 4. The Morgan fingerprint density at radius 2 is 2.25 bits per heavy atom. The van der Waals surface area contributed by atoms with E-state index in [-0.39, 0.29) is 0 Å². The van der Waals surface area contributed by atoms with Gasteiger partial charge in [0, 0.05) is 26.2 Å². The summed E-state index contributed by atoms with van der Waals surface area (Å²) >= 11 is 0. The molecule has 0 aliphatic carbocycles. The average Bonchev–Trinajstić information content (AvgIpc) is 2.72. The van der Waals surface area contributed by atoms with Crippen LogP contribution in [0, 0.1) is 0 Å². The smallest absolute Gasteiger partial charge is 0.0598 e. The van der Waals surface area contributed by atoms with Crippen LogP contribution < -0.4 is 0 Å². The number of hydrogen-bond donors (Lipinski definition) is 0. The van der Waals surface area contributed by atoms with E-state index >= 15 is 0 Å². The molecule has 0 aromatic heterocycles. The minimum Gasteiger partial charge on any atom is -0.369 e. The fourth-order valence-corrected chi connectivity index (χ4v) is 2.34. The summed E-state index contributed by atoms with van der Waals surface area (Å²) in [7, 11) is 2.15. The van der Waals surface area contributed by atoms with Crippen molar-refractivity contribution >= 4 is 0 Å². The highest BCUT2D eigenvalue weighted by molar-refractivity contribution is 5.35. The molecule has 2 heteroatoms. The Morgan fingerprint density at radius 1 is 1.50 bits per heavy atom. The van der Waals surface area contributed by atoms with Gasteiger partial charge in [-0.3, -0.25) is 0 Å². The van der Waals surface area contributed by atoms with E-state index in [0.717, 1.165) is 18.8 Å². The predicted molar refractivity (Wildman–Crippen MR) is 68.9 cm³/mol. The summed E-state index contributed by atoms with van der Waals surface area (Å²) in [5.41, 5.74) is 3.59. The zero-order chi connectivity index (χ0) is 11.7. The lowest BCUT2D eigenvalue weighted by molar-refractivity contribution is 0.254. The Balaban J connectivity index is 2.26. The van der Waals surface area contributed by atoms with E-state index in [1.165, 1.54) is 17.7 Å². The van der Waals surface area contributed by atoms with Gasteiger partial charge in [0.25, 0.3) is 0 Å². The van der Waals surface area contributed by atoms with Gasteiger partial charge >= 0.3 is 0 Å². The van der Waals surface area contributed by atoms with E-state index in [4.69, 9.17) is 0 Å². The summed E-state index contributed by atoms with van der Waals surface area (Å²) < 4.78 is 0. The quantitative estimate of drug-likeness (QED) is 0.654. The van der Waals surface area contributed by atoms with Crippen LogP contribution in [0.1, 0.15) is 13.3 Å². The van der Waals surface area contributed by atoms with Crippen molar-refractivity contribution in [2.24, 2.45) is 0 Å². The number of likely N-dealkylation sites (N-methyl/N-ethyl adjacent to an activating group) is 1. The van der Waals surface area contributed by atoms with E-state index in [1.54, 1.807) is 0 Å². The Labute approximate surface area is 98.2 Å². The highest BCUT2D eigenvalue weighted by Gasteiger charge is 2.34. The van der Waals surface area contributed by atoms with Crippen molar-refractivity contribution in [1.82, 2.24) is 9.80 Å². The van der Waals surface area contributed by atoms with Gasteiger partial charge < -0.3 is 9.80 Å². The molecule has 0 N–H and O–H groups in total. The maximum absolute atomic E-state index is 4.18. The van der Waals surface area contributed by atoms with Crippen LogP contribution in [0.3, 0.4) is 0 Å². The second-order valence-electron chi connectivity index (χ2n) is 4.61. The van der Waals surface area contributed by atoms with Gasteiger partial charge in [-0.05, 0) is 19.4 Å². The molecule has 0 aromatic rings. The van der Waals surface area contributed by atoms with Crippen molar-refractivity contribution < 1.29 is 0 Å². The molecular formula is C14H20N2. The molecule has 0 amide bonds. The summed E-state index contributed by atoms with van der Waals surface area (Å²) in [6.45, 7) is 12.3. The Kier molecular flexibility index (Phi) is 2.90. The molecule has 2 rings (SSSR count). The first kappa shape index (κ1) is 11.1. The highest BCUT2D eigenvalue weighted by Crippen LogP contribution is 2.32. The Morgan fingerprint density at radius 3 is 2.94 bits per heavy atom. The topological polar surface area (TPSA) is 6.48 Å². The number of hydrogen-bond acceptors (Lipinski definition) is 2. The second kappa shape index (κ2) is 4.20. The largest absolute Gasteiger partial charge is 0.369 e. The van der Waals surface area contributed by atoms with Crippen molar-refractivity contribution in [1.29, 1.82) is 0 Å². The van der Waals surface area contributed by atoms with Crippen LogP contribution in [0.15, 0.2) is 48.4 Å². The van der Waals surface area contributed by atoms with E-state index < -0.39 is 0 Å². The fourth-order valence-electron chi connectivity index (χ4n) is 2.34. The van der Waals surface area contributed by atoms with Crippen LogP contribution in [0.25, 0.3) is 0 Å². The van der Waals surface area contributed by atoms with E-state index in [2.05, 4.69) is 49.1 Å². The van der Waals surface area contributed by atoms with Crippen LogP contribution in [0.4, 0.5) is 0 Å². The molecular weight excluding hydrogens is 196 g/mol. The van der Waals surface area contributed by atoms with Gasteiger partial charge in [0.05, 0.1) is 11.4 Å². The molecule has 2 aliphatic heterocycles. The second-order valence-corrected chi connectivity index (χ2v) is 4.61. The van der Waals surface area contributed by atoms with Crippen molar-refractivity contribution in [3.63, 3.8) is 0 Å². The predicted octanol–water partition coefficient (Wildman–Crippen LogP) is 2.54. The van der Waals surface area contributed by atoms with Crippen LogP contribution in [0.2, 0.25) is 0 Å². The standard InChI is InChI=1S/C14H20N2/c1-5-11(2)6-7-14-12(3)15(4)13-8-9-16(14)10-13/h5-7,13H,1,3,8-10H2,2,4H3/b11-6+,14-7+. The van der Waals surface area contributed by atoms with Crippen molar-refractivity contribution in [3.05, 3.63) is 48.4 Å². The summed E-state index contributed by atoms with van der Waals surface area (Å²) in [6, 6.07) is 0.661. The molecule has 2 aliphatic rings. The zero-order valence-electron chi connectivity index (χ0n) is 10.2. The molecule has 0 aromatic carbocycles. The molecule has 2 bridgehead atoms. The first-order chi connectivity index (χ1) is 7.63. The maximum atomic E-state index is 4.18. The van der Waals surface area contributed by atoms with Gasteiger partial charge in [-0.25, -0.2) is 0 Å². The monoisotopic (exact) mass is 216 g/mol. The molecule has 1 atom stereocenters. The molecule has 1 unspecified atom stereocenters. The lowest BCUT2D eigenvalue weighted by atomic mass is 10.1.